The van der Waals surface area contributed by atoms with Crippen molar-refractivity contribution < 1.29 is 4.79 Å². The minimum Gasteiger partial charge on any atom is -0.368 e. The summed E-state index contributed by atoms with van der Waals surface area (Å²) in [7, 11) is 0. The van der Waals surface area contributed by atoms with Crippen molar-refractivity contribution in [3.05, 3.63) is 18.1 Å². The Kier molecular flexibility index (Phi) is 3.72. The van der Waals surface area contributed by atoms with Crippen molar-refractivity contribution in [2.45, 2.75) is 26.7 Å². The maximum Gasteiger partial charge on any atom is 0.224 e. The van der Waals surface area contributed by atoms with Crippen LogP contribution in [0.25, 0.3) is 5.65 Å². The summed E-state index contributed by atoms with van der Waals surface area (Å²) in [5.74, 6) is 0.188. The van der Waals surface area contributed by atoms with Crippen molar-refractivity contribution in [1.82, 2.24) is 25.1 Å². The number of aromatic nitrogens is 4. The van der Waals surface area contributed by atoms with Crippen molar-refractivity contribution in [3.63, 3.8) is 0 Å². The molecule has 1 N–H and O–H groups in total. The van der Waals surface area contributed by atoms with Gasteiger partial charge in [-0.25, -0.2) is 0 Å². The summed E-state index contributed by atoms with van der Waals surface area (Å²) < 4.78 is 1.72. The van der Waals surface area contributed by atoms with Crippen LogP contribution in [0, 0.1) is 5.92 Å². The van der Waals surface area contributed by atoms with Gasteiger partial charge in [0.15, 0.2) is 0 Å². The van der Waals surface area contributed by atoms with Gasteiger partial charge in [-0.15, -0.1) is 10.2 Å². The van der Waals surface area contributed by atoms with E-state index in [1.807, 2.05) is 6.92 Å². The molecule has 2 aromatic heterocycles. The number of rotatable bonds is 4. The third-order valence-electron chi connectivity index (χ3n) is 3.91. The van der Waals surface area contributed by atoms with Gasteiger partial charge in [0.25, 0.3) is 0 Å². The van der Waals surface area contributed by atoms with Crippen molar-refractivity contribution in [1.29, 1.82) is 0 Å². The highest BCUT2D eigenvalue weighted by Crippen LogP contribution is 2.27. The first kappa shape index (κ1) is 13.8. The number of amides is 1. The lowest BCUT2D eigenvalue weighted by Gasteiger charge is -2.19. The first-order chi connectivity index (χ1) is 10.2. The van der Waals surface area contributed by atoms with Crippen LogP contribution in [0.5, 0.6) is 0 Å². The minimum atomic E-state index is 0.0474. The normalized spacial score (nSPS) is 18.4. The molecule has 112 valence electrons. The van der Waals surface area contributed by atoms with E-state index in [-0.39, 0.29) is 11.8 Å². The molecule has 0 aromatic carbocycles. The van der Waals surface area contributed by atoms with E-state index >= 15 is 0 Å². The highest BCUT2D eigenvalue weighted by atomic mass is 16.1. The number of nitrogens with one attached hydrogen (secondary N) is 1. The zero-order valence-corrected chi connectivity index (χ0v) is 12.4. The smallest absolute Gasteiger partial charge is 0.224 e. The number of carbonyl (C=O) groups excluding carboxylic acids is 1. The average Bonchev–Trinajstić information content (AvgIpc) is 3.15. The Morgan fingerprint density at radius 2 is 2.33 bits per heavy atom. The Labute approximate surface area is 123 Å². The molecule has 1 amide bonds. The summed E-state index contributed by atoms with van der Waals surface area (Å²) >= 11 is 0. The Morgan fingerprint density at radius 3 is 3.10 bits per heavy atom. The molecule has 0 saturated carbocycles. The second kappa shape index (κ2) is 5.67. The van der Waals surface area contributed by atoms with Gasteiger partial charge in [-0.05, 0) is 25.8 Å². The number of anilines is 1. The predicted molar refractivity (Wildman–Crippen MR) is 79.2 cm³/mol. The van der Waals surface area contributed by atoms with Gasteiger partial charge in [-0.1, -0.05) is 6.92 Å². The molecule has 3 heterocycles. The second-order valence-corrected chi connectivity index (χ2v) is 5.30. The number of fused-ring (bicyclic) bond motifs is 1. The molecular weight excluding hydrogens is 268 g/mol. The van der Waals surface area contributed by atoms with E-state index in [0.29, 0.717) is 6.54 Å². The monoisotopic (exact) mass is 288 g/mol. The highest BCUT2D eigenvalue weighted by Gasteiger charge is 2.29. The molecule has 7 heteroatoms. The molecule has 1 atom stereocenters. The third kappa shape index (κ3) is 2.55. The molecule has 1 unspecified atom stereocenters. The molecular formula is C14H20N6O. The Balaban J connectivity index is 1.87. The minimum absolute atomic E-state index is 0.0474. The summed E-state index contributed by atoms with van der Waals surface area (Å²) in [4.78, 5) is 14.2. The van der Waals surface area contributed by atoms with E-state index in [1.165, 1.54) is 0 Å². The molecule has 1 aliphatic heterocycles. The van der Waals surface area contributed by atoms with Crippen LogP contribution in [0.4, 0.5) is 5.69 Å². The first-order valence-electron chi connectivity index (χ1n) is 7.45. The van der Waals surface area contributed by atoms with E-state index in [2.05, 4.69) is 38.5 Å². The lowest BCUT2D eigenvalue weighted by atomic mass is 10.1. The molecule has 1 fully saturated rings. The van der Waals surface area contributed by atoms with Crippen molar-refractivity contribution in [3.8, 4) is 0 Å². The summed E-state index contributed by atoms with van der Waals surface area (Å²) in [5.41, 5.74) is 2.77. The maximum atomic E-state index is 12.0. The van der Waals surface area contributed by atoms with Crippen LogP contribution in [0.15, 0.2) is 12.4 Å². The molecule has 1 saturated heterocycles. The Morgan fingerprint density at radius 1 is 1.48 bits per heavy atom. The molecule has 0 spiro atoms. The van der Waals surface area contributed by atoms with Crippen molar-refractivity contribution >= 4 is 17.2 Å². The molecule has 0 bridgehead atoms. The average molecular weight is 288 g/mol. The number of nitrogens with zero attached hydrogens (tertiary/aromatic N) is 5. The quantitative estimate of drug-likeness (QED) is 0.894. The van der Waals surface area contributed by atoms with Crippen molar-refractivity contribution in [2.24, 2.45) is 5.92 Å². The van der Waals surface area contributed by atoms with Gasteiger partial charge >= 0.3 is 0 Å². The Hall–Kier alpha value is -2.18. The third-order valence-corrected chi connectivity index (χ3v) is 3.91. The number of hydrogen-bond donors (Lipinski definition) is 1. The molecule has 21 heavy (non-hydrogen) atoms. The fourth-order valence-corrected chi connectivity index (χ4v) is 2.78. The van der Waals surface area contributed by atoms with Crippen molar-refractivity contribution in [2.75, 3.05) is 24.5 Å². The summed E-state index contributed by atoms with van der Waals surface area (Å²) in [6.07, 6.45) is 3.35. The van der Waals surface area contributed by atoms with Gasteiger partial charge in [0.1, 0.15) is 6.33 Å². The standard InChI is InChI=1S/C14H20N6O/c1-3-11-7-12(13-17-16-9-20(13)18-11)19-6-5-10(8-19)14(21)15-4-2/h7,9-10H,3-6,8H2,1-2H3,(H,15,21). The van der Waals surface area contributed by atoms with Gasteiger partial charge in [0.05, 0.1) is 17.3 Å². The molecule has 3 rings (SSSR count). The molecule has 2 aromatic rings. The summed E-state index contributed by atoms with van der Waals surface area (Å²) in [5, 5.41) is 15.4. The molecule has 1 aliphatic rings. The van der Waals surface area contributed by atoms with E-state index in [4.69, 9.17) is 0 Å². The number of hydrogen-bond acceptors (Lipinski definition) is 5. The van der Waals surface area contributed by atoms with Gasteiger partial charge in [0, 0.05) is 19.6 Å². The lowest BCUT2D eigenvalue weighted by Crippen LogP contribution is -2.32. The zero-order chi connectivity index (χ0) is 14.8. The number of carbonyl (C=O) groups is 1. The summed E-state index contributed by atoms with van der Waals surface area (Å²) in [6, 6.07) is 2.06. The molecule has 0 radical (unpaired) electrons. The largest absolute Gasteiger partial charge is 0.368 e. The van der Waals surface area contributed by atoms with E-state index in [9.17, 15) is 4.79 Å². The van der Waals surface area contributed by atoms with Gasteiger partial charge < -0.3 is 10.2 Å². The van der Waals surface area contributed by atoms with Crippen LogP contribution in [0.3, 0.4) is 0 Å². The van der Waals surface area contributed by atoms with Crippen LogP contribution in [0.2, 0.25) is 0 Å². The highest BCUT2D eigenvalue weighted by molar-refractivity contribution is 5.80. The van der Waals surface area contributed by atoms with Gasteiger partial charge in [0.2, 0.25) is 11.6 Å². The first-order valence-corrected chi connectivity index (χ1v) is 7.45. The van der Waals surface area contributed by atoms with E-state index in [1.54, 1.807) is 10.8 Å². The second-order valence-electron chi connectivity index (χ2n) is 5.30. The molecule has 7 nitrogen and oxygen atoms in total. The SMILES string of the molecule is CCNC(=O)C1CCN(c2cc(CC)nn3cnnc23)C1. The zero-order valence-electron chi connectivity index (χ0n) is 12.4. The van der Waals surface area contributed by atoms with E-state index < -0.39 is 0 Å². The van der Waals surface area contributed by atoms with Crippen LogP contribution in [-0.4, -0.2) is 45.4 Å². The predicted octanol–water partition coefficient (Wildman–Crippen LogP) is 0.649. The maximum absolute atomic E-state index is 12.0. The summed E-state index contributed by atoms with van der Waals surface area (Å²) in [6.45, 7) is 6.28. The lowest BCUT2D eigenvalue weighted by molar-refractivity contribution is -0.124. The topological polar surface area (TPSA) is 75.4 Å². The van der Waals surface area contributed by atoms with Crippen LogP contribution in [0.1, 0.15) is 26.0 Å². The fraction of sp³-hybridized carbons (Fsp3) is 0.571. The van der Waals surface area contributed by atoms with Crippen LogP contribution >= 0.6 is 0 Å². The fourth-order valence-electron chi connectivity index (χ4n) is 2.78. The van der Waals surface area contributed by atoms with Gasteiger partial charge in [-0.3, -0.25) is 4.79 Å². The van der Waals surface area contributed by atoms with E-state index in [0.717, 1.165) is 43.0 Å². The molecule has 0 aliphatic carbocycles. The van der Waals surface area contributed by atoms with Crippen LogP contribution < -0.4 is 10.2 Å². The van der Waals surface area contributed by atoms with Crippen LogP contribution in [-0.2, 0) is 11.2 Å². The van der Waals surface area contributed by atoms with Gasteiger partial charge in [-0.2, -0.15) is 9.61 Å². The number of aryl methyl sites for hydroxylation is 1. The Bertz CT molecular complexity index is 652.